The van der Waals surface area contributed by atoms with Gasteiger partial charge in [0.15, 0.2) is 11.5 Å². The number of para-hydroxylation sites is 1. The van der Waals surface area contributed by atoms with Crippen LogP contribution in [-0.2, 0) is 10.5 Å². The summed E-state index contributed by atoms with van der Waals surface area (Å²) >= 11 is 6.16. The number of rotatable bonds is 1. The molecule has 2 aliphatic heterocycles. The highest BCUT2D eigenvalue weighted by atomic mass is 35.5. The van der Waals surface area contributed by atoms with Crippen molar-refractivity contribution in [1.82, 2.24) is 5.32 Å². The minimum Gasteiger partial charge on any atom is -0.338 e. The number of anilines is 1. The molecule has 2 aromatic carbocycles. The van der Waals surface area contributed by atoms with E-state index in [4.69, 9.17) is 11.6 Å². The smallest absolute Gasteiger partial charge is 0.229 e. The summed E-state index contributed by atoms with van der Waals surface area (Å²) in [6.45, 7) is 4.12. The van der Waals surface area contributed by atoms with Crippen molar-refractivity contribution in [2.75, 3.05) is 11.4 Å². The highest BCUT2D eigenvalue weighted by molar-refractivity contribution is 6.30. The molecule has 1 fully saturated rings. The minimum atomic E-state index is -1.37. The average Bonchev–Trinajstić information content (AvgIpc) is 2.57. The number of nitrogens with zero attached hydrogens (tertiary/aromatic N) is 1. The van der Waals surface area contributed by atoms with Gasteiger partial charge in [-0.1, -0.05) is 41.9 Å². The third kappa shape index (κ3) is 2.28. The summed E-state index contributed by atoms with van der Waals surface area (Å²) in [5.74, 6) is -0.607. The van der Waals surface area contributed by atoms with E-state index in [1.165, 1.54) is 6.08 Å². The third-order valence-electron chi connectivity index (χ3n) is 4.97. The Balaban J connectivity index is 2.00. The number of amides is 1. The normalized spacial score (nSPS) is 24.1. The van der Waals surface area contributed by atoms with E-state index in [0.717, 1.165) is 11.3 Å². The predicted octanol–water partition coefficient (Wildman–Crippen LogP) is 4.48. The second-order valence-electron chi connectivity index (χ2n) is 7.20. The highest BCUT2D eigenvalue weighted by Crippen LogP contribution is 2.48. The van der Waals surface area contributed by atoms with Crippen molar-refractivity contribution >= 4 is 29.3 Å². The molecule has 1 N–H and O–H groups in total. The summed E-state index contributed by atoms with van der Waals surface area (Å²) in [5.41, 5.74) is 0.271. The monoisotopic (exact) mass is 356 g/mol. The van der Waals surface area contributed by atoms with E-state index < -0.39 is 16.9 Å². The molecule has 1 amide bonds. The molecule has 2 heterocycles. The largest absolute Gasteiger partial charge is 0.338 e. The van der Waals surface area contributed by atoms with Crippen molar-refractivity contribution < 1.29 is 9.18 Å². The minimum absolute atomic E-state index is 0.188. The van der Waals surface area contributed by atoms with Crippen molar-refractivity contribution in [1.29, 1.82) is 0 Å². The Labute approximate surface area is 151 Å². The molecule has 0 bridgehead atoms. The lowest BCUT2D eigenvalue weighted by atomic mass is 9.80. The van der Waals surface area contributed by atoms with Gasteiger partial charge in [0.2, 0.25) is 5.91 Å². The Bertz CT molecular complexity index is 908. The number of benzene rings is 2. The molecule has 1 atom stereocenters. The Hall–Kier alpha value is -2.33. The number of carbonyl (C=O) groups excluding carboxylic acids is 1. The number of hydrogen-bond donors (Lipinski definition) is 1. The summed E-state index contributed by atoms with van der Waals surface area (Å²) in [6, 6.07) is 14.6. The van der Waals surface area contributed by atoms with Crippen molar-refractivity contribution in [2.24, 2.45) is 5.41 Å². The van der Waals surface area contributed by atoms with Crippen LogP contribution in [0.2, 0.25) is 5.02 Å². The highest BCUT2D eigenvalue weighted by Gasteiger charge is 2.54. The van der Waals surface area contributed by atoms with Gasteiger partial charge < -0.3 is 10.2 Å². The Morgan fingerprint density at radius 1 is 1.16 bits per heavy atom. The van der Waals surface area contributed by atoms with Gasteiger partial charge in [0.05, 0.1) is 5.41 Å². The number of fused-ring (bicyclic) bond motifs is 3. The summed E-state index contributed by atoms with van der Waals surface area (Å²) in [6.07, 6.45) is 1.49. The molecule has 5 heteroatoms. The maximum Gasteiger partial charge on any atom is 0.229 e. The molecule has 2 aliphatic rings. The van der Waals surface area contributed by atoms with Gasteiger partial charge in [-0.3, -0.25) is 4.79 Å². The number of halogens is 2. The summed E-state index contributed by atoms with van der Waals surface area (Å²) in [5, 5.41) is 3.44. The molecule has 4 rings (SSSR count). The number of nitrogens with one attached hydrogen (secondary N) is 1. The van der Waals surface area contributed by atoms with E-state index >= 15 is 4.39 Å². The van der Waals surface area contributed by atoms with Crippen molar-refractivity contribution in [3.05, 3.63) is 70.5 Å². The van der Waals surface area contributed by atoms with Crippen LogP contribution in [0, 0.1) is 5.41 Å². The third-order valence-corrected chi connectivity index (χ3v) is 5.20. The molecule has 2 aromatic rings. The van der Waals surface area contributed by atoms with E-state index in [0.29, 0.717) is 17.1 Å². The van der Waals surface area contributed by atoms with Crippen molar-refractivity contribution in [2.45, 2.75) is 19.5 Å². The van der Waals surface area contributed by atoms with Crippen LogP contribution in [0.3, 0.4) is 0 Å². The van der Waals surface area contributed by atoms with Gasteiger partial charge in [-0.15, -0.1) is 0 Å². The molecular formula is C20H18ClFN2O. The molecule has 25 heavy (non-hydrogen) atoms. The average molecular weight is 357 g/mol. The first-order valence-electron chi connectivity index (χ1n) is 8.18. The van der Waals surface area contributed by atoms with Gasteiger partial charge in [0.25, 0.3) is 0 Å². The topological polar surface area (TPSA) is 32.3 Å². The van der Waals surface area contributed by atoms with Crippen LogP contribution in [0.15, 0.2) is 54.4 Å². The van der Waals surface area contributed by atoms with E-state index in [1.807, 2.05) is 43.0 Å². The lowest BCUT2D eigenvalue weighted by molar-refractivity contribution is -0.133. The van der Waals surface area contributed by atoms with Crippen LogP contribution in [0.4, 0.5) is 10.1 Å². The van der Waals surface area contributed by atoms with Crippen LogP contribution in [0.1, 0.15) is 25.0 Å². The molecule has 0 spiro atoms. The maximum atomic E-state index is 15.5. The second-order valence-corrected chi connectivity index (χ2v) is 7.63. The van der Waals surface area contributed by atoms with Crippen LogP contribution >= 0.6 is 11.6 Å². The molecule has 0 aromatic heterocycles. The maximum absolute atomic E-state index is 15.5. The van der Waals surface area contributed by atoms with Gasteiger partial charge >= 0.3 is 0 Å². The molecule has 3 nitrogen and oxygen atoms in total. The fraction of sp³-hybridized carbons (Fsp3) is 0.250. The fourth-order valence-corrected chi connectivity index (χ4v) is 3.81. The molecule has 0 radical (unpaired) electrons. The molecular weight excluding hydrogens is 339 g/mol. The molecule has 0 aliphatic carbocycles. The first-order chi connectivity index (χ1) is 11.8. The summed E-state index contributed by atoms with van der Waals surface area (Å²) in [4.78, 5) is 14.7. The van der Waals surface area contributed by atoms with Crippen LogP contribution in [-0.4, -0.2) is 12.5 Å². The predicted molar refractivity (Wildman–Crippen MR) is 97.9 cm³/mol. The fourth-order valence-electron chi connectivity index (χ4n) is 3.62. The molecule has 1 unspecified atom stereocenters. The van der Waals surface area contributed by atoms with Crippen molar-refractivity contribution in [3.63, 3.8) is 0 Å². The van der Waals surface area contributed by atoms with E-state index in [-0.39, 0.29) is 5.91 Å². The number of carbonyl (C=O) groups is 1. The van der Waals surface area contributed by atoms with E-state index in [9.17, 15) is 4.79 Å². The lowest BCUT2D eigenvalue weighted by Crippen LogP contribution is -2.69. The summed E-state index contributed by atoms with van der Waals surface area (Å²) in [7, 11) is 0. The lowest BCUT2D eigenvalue weighted by Gasteiger charge is -2.54. The van der Waals surface area contributed by atoms with Gasteiger partial charge in [0, 0.05) is 28.4 Å². The second kappa shape index (κ2) is 5.33. The zero-order chi connectivity index (χ0) is 17.8. The molecule has 128 valence electrons. The Morgan fingerprint density at radius 2 is 1.92 bits per heavy atom. The summed E-state index contributed by atoms with van der Waals surface area (Å²) < 4.78 is 15.5. The van der Waals surface area contributed by atoms with Crippen LogP contribution < -0.4 is 10.2 Å². The number of hydrogen-bond acceptors (Lipinski definition) is 2. The first-order valence-corrected chi connectivity index (χ1v) is 8.55. The zero-order valence-electron chi connectivity index (χ0n) is 14.0. The molecule has 1 saturated heterocycles. The zero-order valence-corrected chi connectivity index (χ0v) is 14.8. The van der Waals surface area contributed by atoms with Crippen LogP contribution in [0.25, 0.3) is 6.08 Å². The van der Waals surface area contributed by atoms with Gasteiger partial charge in [-0.2, -0.15) is 0 Å². The Morgan fingerprint density at radius 3 is 2.68 bits per heavy atom. The standard InChI is InChI=1S/C20H18ClFN2O/c1-19(2)12-24-16-9-4-3-6-13(16)10-17(22)20(24,23-18(19)25)14-7-5-8-15(21)11-14/h3-11H,12H2,1-2H3,(H,23,25). The quantitative estimate of drug-likeness (QED) is 0.817. The van der Waals surface area contributed by atoms with Gasteiger partial charge in [-0.05, 0) is 38.1 Å². The molecule has 0 saturated carbocycles. The first kappa shape index (κ1) is 16.2. The van der Waals surface area contributed by atoms with Crippen molar-refractivity contribution in [3.8, 4) is 0 Å². The van der Waals surface area contributed by atoms with Crippen LogP contribution in [0.5, 0.6) is 0 Å². The van der Waals surface area contributed by atoms with E-state index in [1.54, 1.807) is 24.3 Å². The van der Waals surface area contributed by atoms with Gasteiger partial charge in [-0.25, -0.2) is 4.39 Å². The SMILES string of the molecule is CC1(C)CN2c3ccccc3C=C(F)C2(c2cccc(Cl)c2)NC1=O. The Kier molecular flexibility index (Phi) is 3.45. The van der Waals surface area contributed by atoms with Gasteiger partial charge in [0.1, 0.15) is 0 Å². The van der Waals surface area contributed by atoms with E-state index in [2.05, 4.69) is 5.32 Å².